The summed E-state index contributed by atoms with van der Waals surface area (Å²) < 4.78 is 45.6. The first-order chi connectivity index (χ1) is 20.1. The van der Waals surface area contributed by atoms with Crippen LogP contribution in [0.2, 0.25) is 0 Å². The van der Waals surface area contributed by atoms with E-state index in [1.165, 1.54) is 0 Å². The molecule has 3 rings (SSSR count). The van der Waals surface area contributed by atoms with Gasteiger partial charge in [-0.05, 0) is 44.6 Å². The number of ether oxygens (including phenoxy) is 8. The van der Waals surface area contributed by atoms with Crippen LogP contribution in [-0.4, -0.2) is 104 Å². The van der Waals surface area contributed by atoms with Crippen molar-refractivity contribution in [2.24, 2.45) is 17.3 Å². The number of carbonyl (C=O) groups excluding carboxylic acids is 2. The molecule has 0 bridgehead atoms. The summed E-state index contributed by atoms with van der Waals surface area (Å²) in [6.07, 6.45) is 3.38. The van der Waals surface area contributed by atoms with Crippen molar-refractivity contribution in [3.63, 3.8) is 0 Å². The standard InChI is InChI=1S/C31H48O10/c1-31(19-26-9-3-2-4-10-26,29(32)40-24-27-20-36-15-5-11-34-12-6-16-37-21-27)30(33)41-25-28-22-38-17-7-13-35-14-8-18-39-23-28/h2-4,9-10,27-28H,5-8,11-25H2,1H3. The lowest BCUT2D eigenvalue weighted by Crippen LogP contribution is -2.43. The van der Waals surface area contributed by atoms with E-state index < -0.39 is 17.4 Å². The van der Waals surface area contributed by atoms with Gasteiger partial charge in [0.2, 0.25) is 0 Å². The van der Waals surface area contributed by atoms with Gasteiger partial charge in [-0.15, -0.1) is 0 Å². The van der Waals surface area contributed by atoms with Crippen molar-refractivity contribution >= 4 is 11.9 Å². The highest BCUT2D eigenvalue weighted by molar-refractivity contribution is 6.00. The van der Waals surface area contributed by atoms with Crippen molar-refractivity contribution in [3.05, 3.63) is 35.9 Å². The summed E-state index contributed by atoms with van der Waals surface area (Å²) >= 11 is 0. The number of esters is 2. The van der Waals surface area contributed by atoms with Crippen LogP contribution in [0.15, 0.2) is 30.3 Å². The molecule has 1 aromatic rings. The van der Waals surface area contributed by atoms with E-state index in [0.717, 1.165) is 31.2 Å². The van der Waals surface area contributed by atoms with Crippen molar-refractivity contribution in [2.45, 2.75) is 39.0 Å². The summed E-state index contributed by atoms with van der Waals surface area (Å²) in [5.41, 5.74) is -0.695. The number of rotatable bonds is 8. The molecule has 0 aliphatic carbocycles. The van der Waals surface area contributed by atoms with Crippen LogP contribution < -0.4 is 0 Å². The molecule has 0 saturated carbocycles. The molecule has 232 valence electrons. The van der Waals surface area contributed by atoms with E-state index >= 15 is 0 Å². The normalized spacial score (nSPS) is 20.4. The van der Waals surface area contributed by atoms with Gasteiger partial charge in [-0.3, -0.25) is 9.59 Å². The van der Waals surface area contributed by atoms with Crippen molar-refractivity contribution in [1.29, 1.82) is 0 Å². The molecule has 0 atom stereocenters. The molecule has 10 nitrogen and oxygen atoms in total. The van der Waals surface area contributed by atoms with Crippen molar-refractivity contribution in [1.82, 2.24) is 0 Å². The Bertz CT molecular complexity index is 779. The molecule has 0 unspecified atom stereocenters. The quantitative estimate of drug-likeness (QED) is 0.336. The third-order valence-corrected chi connectivity index (χ3v) is 6.93. The van der Waals surface area contributed by atoms with E-state index in [4.69, 9.17) is 37.9 Å². The molecular weight excluding hydrogens is 532 g/mol. The summed E-state index contributed by atoms with van der Waals surface area (Å²) in [6, 6.07) is 9.41. The lowest BCUT2D eigenvalue weighted by atomic mass is 9.83. The molecule has 2 aliphatic rings. The van der Waals surface area contributed by atoms with E-state index in [0.29, 0.717) is 79.3 Å². The summed E-state index contributed by atoms with van der Waals surface area (Å²) in [5.74, 6) is -1.55. The molecule has 41 heavy (non-hydrogen) atoms. The molecule has 0 N–H and O–H groups in total. The topological polar surface area (TPSA) is 108 Å². The minimum atomic E-state index is -1.53. The molecule has 2 saturated heterocycles. The average molecular weight is 581 g/mol. The first-order valence-electron chi connectivity index (χ1n) is 14.9. The van der Waals surface area contributed by atoms with Crippen LogP contribution in [0, 0.1) is 17.3 Å². The Kier molecular flexibility index (Phi) is 16.3. The Balaban J connectivity index is 1.61. The fraction of sp³-hybridized carbons (Fsp3) is 0.742. The first-order valence-corrected chi connectivity index (χ1v) is 14.9. The van der Waals surface area contributed by atoms with Gasteiger partial charge in [-0.2, -0.15) is 0 Å². The maximum absolute atomic E-state index is 13.6. The van der Waals surface area contributed by atoms with Gasteiger partial charge in [0.15, 0.2) is 5.41 Å². The SMILES string of the molecule is CC(Cc1ccccc1)(C(=O)OCC1COCCCOCCCOC1)C(=O)OCC1COCCCOCCCOC1. The lowest BCUT2D eigenvalue weighted by Gasteiger charge is -2.28. The highest BCUT2D eigenvalue weighted by Gasteiger charge is 2.45. The highest BCUT2D eigenvalue weighted by Crippen LogP contribution is 2.27. The molecule has 1 aromatic carbocycles. The van der Waals surface area contributed by atoms with Crippen LogP contribution in [0.25, 0.3) is 0 Å². The fourth-order valence-corrected chi connectivity index (χ4v) is 4.48. The van der Waals surface area contributed by atoms with Gasteiger partial charge in [0.05, 0.1) is 39.6 Å². The van der Waals surface area contributed by atoms with Gasteiger partial charge in [-0.1, -0.05) is 30.3 Å². The Morgan fingerprint density at radius 3 is 1.39 bits per heavy atom. The van der Waals surface area contributed by atoms with Crippen LogP contribution in [0.1, 0.15) is 38.2 Å². The van der Waals surface area contributed by atoms with Crippen LogP contribution in [0.5, 0.6) is 0 Å². The van der Waals surface area contributed by atoms with Crippen LogP contribution in [0.4, 0.5) is 0 Å². The van der Waals surface area contributed by atoms with Gasteiger partial charge in [0.1, 0.15) is 0 Å². The number of benzene rings is 1. The summed E-state index contributed by atoms with van der Waals surface area (Å²) in [6.45, 7) is 8.15. The Morgan fingerprint density at radius 1 is 0.634 bits per heavy atom. The van der Waals surface area contributed by atoms with Crippen molar-refractivity contribution < 1.29 is 47.5 Å². The van der Waals surface area contributed by atoms with Gasteiger partial charge >= 0.3 is 11.9 Å². The average Bonchev–Trinajstić information content (AvgIpc) is 2.96. The van der Waals surface area contributed by atoms with E-state index in [9.17, 15) is 9.59 Å². The smallest absolute Gasteiger partial charge is 0.323 e. The summed E-state index contributed by atoms with van der Waals surface area (Å²) in [7, 11) is 0. The number of hydrogen-bond donors (Lipinski definition) is 0. The first kappa shape index (κ1) is 33.4. The Morgan fingerprint density at radius 2 is 1.00 bits per heavy atom. The molecule has 0 amide bonds. The Hall–Kier alpha value is -2.08. The fourth-order valence-electron chi connectivity index (χ4n) is 4.48. The van der Waals surface area contributed by atoms with Gasteiger partial charge < -0.3 is 37.9 Å². The second-order valence-electron chi connectivity index (χ2n) is 10.9. The molecule has 10 heteroatoms. The molecule has 0 radical (unpaired) electrons. The molecule has 2 aliphatic heterocycles. The maximum Gasteiger partial charge on any atom is 0.323 e. The second-order valence-corrected chi connectivity index (χ2v) is 10.9. The minimum absolute atomic E-state index is 0.0843. The van der Waals surface area contributed by atoms with Crippen molar-refractivity contribution in [3.8, 4) is 0 Å². The number of hydrogen-bond acceptors (Lipinski definition) is 10. The second kappa shape index (κ2) is 19.9. The highest BCUT2D eigenvalue weighted by atomic mass is 16.6. The van der Waals surface area contributed by atoms with Gasteiger partial charge in [-0.25, -0.2) is 0 Å². The van der Waals surface area contributed by atoms with Gasteiger partial charge in [0, 0.05) is 64.7 Å². The lowest BCUT2D eigenvalue weighted by molar-refractivity contribution is -0.174. The molecular formula is C31H48O10. The largest absolute Gasteiger partial charge is 0.464 e. The zero-order valence-corrected chi connectivity index (χ0v) is 24.6. The van der Waals surface area contributed by atoms with E-state index in [1.54, 1.807) is 6.92 Å². The van der Waals surface area contributed by atoms with Crippen LogP contribution in [0.3, 0.4) is 0 Å². The van der Waals surface area contributed by atoms with Gasteiger partial charge in [0.25, 0.3) is 0 Å². The predicted molar refractivity (Wildman–Crippen MR) is 151 cm³/mol. The molecule has 2 fully saturated rings. The molecule has 0 aromatic heterocycles. The zero-order chi connectivity index (χ0) is 29.0. The summed E-state index contributed by atoms with van der Waals surface area (Å²) in [5, 5.41) is 0. The minimum Gasteiger partial charge on any atom is -0.464 e. The third-order valence-electron chi connectivity index (χ3n) is 6.93. The molecule has 0 spiro atoms. The van der Waals surface area contributed by atoms with Crippen LogP contribution in [-0.2, 0) is 53.9 Å². The van der Waals surface area contributed by atoms with Crippen molar-refractivity contribution in [2.75, 3.05) is 92.5 Å². The Labute approximate surface area is 244 Å². The van der Waals surface area contributed by atoms with E-state index in [-0.39, 0.29) is 31.5 Å². The molecule has 2 heterocycles. The predicted octanol–water partition coefficient (Wildman–Crippen LogP) is 3.24. The van der Waals surface area contributed by atoms with E-state index in [1.807, 2.05) is 30.3 Å². The van der Waals surface area contributed by atoms with E-state index in [2.05, 4.69) is 0 Å². The summed E-state index contributed by atoms with van der Waals surface area (Å²) in [4.78, 5) is 27.1. The third kappa shape index (κ3) is 13.2. The monoisotopic (exact) mass is 580 g/mol. The van der Waals surface area contributed by atoms with Crippen LogP contribution >= 0.6 is 0 Å². The maximum atomic E-state index is 13.6. The zero-order valence-electron chi connectivity index (χ0n) is 24.6. The number of carbonyl (C=O) groups is 2.